The number of rotatable bonds is 6. The van der Waals surface area contributed by atoms with E-state index in [1.54, 1.807) is 7.11 Å². The fraction of sp³-hybridized carbons (Fsp3) is 0.545. The van der Waals surface area contributed by atoms with Gasteiger partial charge in [0.1, 0.15) is 0 Å². The lowest BCUT2D eigenvalue weighted by atomic mass is 9.95. The van der Waals surface area contributed by atoms with E-state index in [4.69, 9.17) is 17.0 Å². The van der Waals surface area contributed by atoms with E-state index in [9.17, 15) is 0 Å². The van der Waals surface area contributed by atoms with Gasteiger partial charge in [-0.3, -0.25) is 4.98 Å². The fourth-order valence-electron chi connectivity index (χ4n) is 4.93. The molecule has 2 aromatic rings. The SMILES string of the molecule is COCCn1c(C)cc([C@H]2[C@H](c3ccccn3)NC(=S)N2C2CCCC2)c1C. The molecule has 0 amide bonds. The number of hydrogen-bond donors (Lipinski definition) is 1. The molecule has 28 heavy (non-hydrogen) atoms. The van der Waals surface area contributed by atoms with Gasteiger partial charge in [-0.1, -0.05) is 18.9 Å². The van der Waals surface area contributed by atoms with Crippen molar-refractivity contribution in [2.24, 2.45) is 0 Å². The summed E-state index contributed by atoms with van der Waals surface area (Å²) >= 11 is 5.84. The predicted octanol–water partition coefficient (Wildman–Crippen LogP) is 4.06. The molecule has 0 spiro atoms. The lowest BCUT2D eigenvalue weighted by Crippen LogP contribution is -2.37. The molecule has 150 valence electrons. The van der Waals surface area contributed by atoms with Crippen molar-refractivity contribution in [1.29, 1.82) is 0 Å². The first-order valence-corrected chi connectivity index (χ1v) is 10.7. The van der Waals surface area contributed by atoms with E-state index in [0.717, 1.165) is 17.4 Å². The minimum atomic E-state index is 0.0747. The summed E-state index contributed by atoms with van der Waals surface area (Å²) in [7, 11) is 1.76. The van der Waals surface area contributed by atoms with E-state index in [1.165, 1.54) is 42.6 Å². The Bertz CT molecular complexity index is 829. The molecule has 1 aliphatic carbocycles. The van der Waals surface area contributed by atoms with Crippen LogP contribution in [0.25, 0.3) is 0 Å². The zero-order chi connectivity index (χ0) is 19.7. The minimum absolute atomic E-state index is 0.0747. The highest BCUT2D eigenvalue weighted by Gasteiger charge is 2.44. The largest absolute Gasteiger partial charge is 0.383 e. The van der Waals surface area contributed by atoms with Crippen molar-refractivity contribution in [2.75, 3.05) is 13.7 Å². The molecular weight excluding hydrogens is 368 g/mol. The monoisotopic (exact) mass is 398 g/mol. The molecule has 2 fully saturated rings. The number of pyridine rings is 1. The standard InChI is InChI=1S/C22H30N4OS/c1-15-14-18(16(2)25(15)12-13-27-3)21-20(19-10-6-7-11-23-19)24-22(28)26(21)17-8-4-5-9-17/h6-7,10-11,14,17,20-21H,4-5,8-9,12-13H2,1-3H3,(H,24,28)/t20-,21-/m0/s1. The van der Waals surface area contributed by atoms with Crippen molar-refractivity contribution in [3.63, 3.8) is 0 Å². The number of nitrogens with zero attached hydrogens (tertiary/aromatic N) is 3. The summed E-state index contributed by atoms with van der Waals surface area (Å²) in [6, 6.07) is 9.24. The van der Waals surface area contributed by atoms with Crippen LogP contribution in [0.1, 0.15) is 60.4 Å². The number of thiocarbonyl (C=S) groups is 1. The Morgan fingerprint density at radius 2 is 2.04 bits per heavy atom. The number of aryl methyl sites for hydroxylation is 1. The van der Waals surface area contributed by atoms with Crippen LogP contribution in [0.2, 0.25) is 0 Å². The molecule has 4 rings (SSSR count). The molecule has 1 N–H and O–H groups in total. The van der Waals surface area contributed by atoms with Crippen molar-refractivity contribution in [1.82, 2.24) is 19.8 Å². The van der Waals surface area contributed by atoms with Gasteiger partial charge in [-0.25, -0.2) is 0 Å². The maximum Gasteiger partial charge on any atom is 0.170 e. The minimum Gasteiger partial charge on any atom is -0.383 e. The van der Waals surface area contributed by atoms with Crippen LogP contribution in [-0.2, 0) is 11.3 Å². The second kappa shape index (κ2) is 8.21. The van der Waals surface area contributed by atoms with Crippen LogP contribution in [0.15, 0.2) is 30.5 Å². The molecule has 0 aromatic carbocycles. The van der Waals surface area contributed by atoms with Gasteiger partial charge in [0.2, 0.25) is 0 Å². The lowest BCUT2D eigenvalue weighted by molar-refractivity contribution is 0.186. The third-order valence-corrected chi connectivity index (χ3v) is 6.63. The van der Waals surface area contributed by atoms with E-state index >= 15 is 0 Å². The summed E-state index contributed by atoms with van der Waals surface area (Å²) in [5.74, 6) is 0. The van der Waals surface area contributed by atoms with E-state index in [2.05, 4.69) is 51.8 Å². The maximum absolute atomic E-state index is 5.84. The van der Waals surface area contributed by atoms with Gasteiger partial charge in [-0.2, -0.15) is 0 Å². The van der Waals surface area contributed by atoms with Gasteiger partial charge in [0.05, 0.1) is 24.4 Å². The first kappa shape index (κ1) is 19.4. The fourth-order valence-corrected chi connectivity index (χ4v) is 5.32. The number of methoxy groups -OCH3 is 1. The number of hydrogen-bond acceptors (Lipinski definition) is 3. The van der Waals surface area contributed by atoms with Crippen LogP contribution in [-0.4, -0.2) is 39.3 Å². The molecule has 0 radical (unpaired) electrons. The Morgan fingerprint density at radius 1 is 1.25 bits per heavy atom. The molecule has 0 bridgehead atoms. The first-order valence-electron chi connectivity index (χ1n) is 10.3. The molecular formula is C22H30N4OS. The maximum atomic E-state index is 5.84. The van der Waals surface area contributed by atoms with Crippen LogP contribution >= 0.6 is 12.2 Å². The first-order chi connectivity index (χ1) is 13.6. The molecule has 2 aliphatic rings. The van der Waals surface area contributed by atoms with Crippen LogP contribution in [0.5, 0.6) is 0 Å². The normalized spacial score (nSPS) is 22.8. The summed E-state index contributed by atoms with van der Waals surface area (Å²) in [5, 5.41) is 4.48. The Hall–Kier alpha value is -1.92. The van der Waals surface area contributed by atoms with E-state index in [0.29, 0.717) is 12.6 Å². The average molecular weight is 399 g/mol. The highest BCUT2D eigenvalue weighted by molar-refractivity contribution is 7.80. The Balaban J connectivity index is 1.77. The van der Waals surface area contributed by atoms with Gasteiger partial charge in [-0.15, -0.1) is 0 Å². The van der Waals surface area contributed by atoms with Crippen molar-refractivity contribution in [3.05, 3.63) is 53.1 Å². The summed E-state index contributed by atoms with van der Waals surface area (Å²) in [6.45, 7) is 5.99. The highest BCUT2D eigenvalue weighted by Crippen LogP contribution is 2.44. The van der Waals surface area contributed by atoms with Gasteiger partial charge in [0.15, 0.2) is 5.11 Å². The predicted molar refractivity (Wildman–Crippen MR) is 115 cm³/mol. The zero-order valence-electron chi connectivity index (χ0n) is 17.0. The van der Waals surface area contributed by atoms with Crippen LogP contribution in [0.4, 0.5) is 0 Å². The molecule has 5 nitrogen and oxygen atoms in total. The van der Waals surface area contributed by atoms with Crippen molar-refractivity contribution < 1.29 is 4.74 Å². The molecule has 1 saturated carbocycles. The van der Waals surface area contributed by atoms with Gasteiger partial charge < -0.3 is 19.5 Å². The van der Waals surface area contributed by atoms with E-state index in [-0.39, 0.29) is 12.1 Å². The average Bonchev–Trinajstić information content (AvgIpc) is 3.40. The summed E-state index contributed by atoms with van der Waals surface area (Å²) in [6.07, 6.45) is 6.89. The van der Waals surface area contributed by atoms with Crippen molar-refractivity contribution >= 4 is 17.3 Å². The van der Waals surface area contributed by atoms with Crippen LogP contribution in [0.3, 0.4) is 0 Å². The van der Waals surface area contributed by atoms with Crippen molar-refractivity contribution in [2.45, 2.75) is 64.2 Å². The molecule has 2 aromatic heterocycles. The number of nitrogens with one attached hydrogen (secondary N) is 1. The van der Waals surface area contributed by atoms with E-state index < -0.39 is 0 Å². The quantitative estimate of drug-likeness (QED) is 0.743. The Kier molecular flexibility index (Phi) is 5.69. The third-order valence-electron chi connectivity index (χ3n) is 6.30. The van der Waals surface area contributed by atoms with Gasteiger partial charge in [0, 0.05) is 37.3 Å². The number of aromatic nitrogens is 2. The van der Waals surface area contributed by atoms with Crippen molar-refractivity contribution in [3.8, 4) is 0 Å². The molecule has 2 atom stereocenters. The van der Waals surface area contributed by atoms with Crippen LogP contribution < -0.4 is 5.32 Å². The Morgan fingerprint density at radius 3 is 2.71 bits per heavy atom. The number of ether oxygens (including phenoxy) is 1. The summed E-state index contributed by atoms with van der Waals surface area (Å²) < 4.78 is 7.69. The summed E-state index contributed by atoms with van der Waals surface area (Å²) in [5.41, 5.74) is 4.98. The smallest absolute Gasteiger partial charge is 0.170 e. The molecule has 3 heterocycles. The van der Waals surface area contributed by atoms with Crippen LogP contribution in [0, 0.1) is 13.8 Å². The lowest BCUT2D eigenvalue weighted by Gasteiger charge is -2.33. The Labute approximate surface area is 173 Å². The molecule has 1 aliphatic heterocycles. The van der Waals surface area contributed by atoms with E-state index in [1.807, 2.05) is 12.3 Å². The highest BCUT2D eigenvalue weighted by atomic mass is 32.1. The second-order valence-corrected chi connectivity index (χ2v) is 8.33. The molecule has 1 saturated heterocycles. The van der Waals surface area contributed by atoms with Gasteiger partial charge in [0.25, 0.3) is 0 Å². The third kappa shape index (κ3) is 3.44. The zero-order valence-corrected chi connectivity index (χ0v) is 17.8. The summed E-state index contributed by atoms with van der Waals surface area (Å²) in [4.78, 5) is 7.14. The molecule has 6 heteroatoms. The van der Waals surface area contributed by atoms with Gasteiger partial charge in [-0.05, 0) is 62.7 Å². The topological polar surface area (TPSA) is 42.3 Å². The second-order valence-electron chi connectivity index (χ2n) is 7.94. The van der Waals surface area contributed by atoms with Gasteiger partial charge >= 0.3 is 0 Å². The molecule has 0 unspecified atom stereocenters.